The Hall–Kier alpha value is -0.380. The molecule has 1 fully saturated rings. The number of benzene rings is 1. The van der Waals surface area contributed by atoms with E-state index in [1.807, 2.05) is 0 Å². The van der Waals surface area contributed by atoms with Crippen molar-refractivity contribution in [3.63, 3.8) is 0 Å². The molecule has 0 amide bonds. The van der Waals surface area contributed by atoms with Gasteiger partial charge in [-0.25, -0.2) is 8.78 Å². The van der Waals surface area contributed by atoms with Gasteiger partial charge in [0, 0.05) is 11.6 Å². The molecule has 0 unspecified atom stereocenters. The molecule has 90 valence electrons. The number of nitrogens with two attached hydrogens (primary N) is 1. The molecule has 0 saturated heterocycles. The number of halogens is 4. The minimum absolute atomic E-state index is 0. The molecule has 0 bridgehead atoms. The van der Waals surface area contributed by atoms with E-state index in [0.717, 1.165) is 18.9 Å². The molecule has 0 heterocycles. The molecule has 0 aromatic heterocycles. The summed E-state index contributed by atoms with van der Waals surface area (Å²) in [4.78, 5) is 0. The number of hydrogen-bond donors (Lipinski definition) is 1. The summed E-state index contributed by atoms with van der Waals surface area (Å²) in [5, 5.41) is -0.0716. The van der Waals surface area contributed by atoms with Gasteiger partial charge in [0.25, 0.3) is 0 Å². The van der Waals surface area contributed by atoms with Crippen molar-refractivity contribution in [3.8, 4) is 0 Å². The van der Waals surface area contributed by atoms with E-state index >= 15 is 0 Å². The van der Waals surface area contributed by atoms with Gasteiger partial charge in [0.1, 0.15) is 11.6 Å². The molecule has 1 nitrogen and oxygen atoms in total. The predicted molar refractivity (Wildman–Crippen MR) is 62.9 cm³/mol. The van der Waals surface area contributed by atoms with Crippen LogP contribution in [0.2, 0.25) is 5.02 Å². The first-order valence-electron chi connectivity index (χ1n) is 4.98. The lowest BCUT2D eigenvalue weighted by molar-refractivity contribution is 0.499. The fourth-order valence-electron chi connectivity index (χ4n) is 1.71. The highest BCUT2D eigenvalue weighted by molar-refractivity contribution is 6.30. The molecular formula is C11H13Cl2F2N. The van der Waals surface area contributed by atoms with Crippen molar-refractivity contribution in [2.45, 2.75) is 25.3 Å². The predicted octanol–water partition coefficient (Wildman–Crippen LogP) is 3.84. The average Bonchev–Trinajstić information content (AvgIpc) is 2.96. The van der Waals surface area contributed by atoms with Gasteiger partial charge < -0.3 is 5.73 Å². The van der Waals surface area contributed by atoms with E-state index in [1.54, 1.807) is 0 Å². The van der Waals surface area contributed by atoms with Gasteiger partial charge in [0.2, 0.25) is 0 Å². The minimum atomic E-state index is -0.718. The standard InChI is InChI=1S/C11H12ClF2N.ClH/c12-7-3-4-8(13)10(11(7)14)9(15)5-6-1-2-6;/h3-4,6,9H,1-2,5,15H2;1H/t9-;/m1./s1. The molecule has 2 N–H and O–H groups in total. The van der Waals surface area contributed by atoms with Crippen molar-refractivity contribution >= 4 is 24.0 Å². The Morgan fingerprint density at radius 1 is 1.38 bits per heavy atom. The van der Waals surface area contributed by atoms with Crippen molar-refractivity contribution in [2.24, 2.45) is 11.7 Å². The zero-order valence-electron chi connectivity index (χ0n) is 8.55. The van der Waals surface area contributed by atoms with Crippen LogP contribution in [-0.4, -0.2) is 0 Å². The molecule has 1 saturated carbocycles. The molecule has 1 aliphatic carbocycles. The first-order chi connectivity index (χ1) is 7.09. The van der Waals surface area contributed by atoms with Crippen molar-refractivity contribution in [1.29, 1.82) is 0 Å². The number of rotatable bonds is 3. The zero-order chi connectivity index (χ0) is 11.0. The second-order valence-corrected chi connectivity index (χ2v) is 4.45. The van der Waals surface area contributed by atoms with Crippen LogP contribution in [0.5, 0.6) is 0 Å². The Morgan fingerprint density at radius 2 is 2.00 bits per heavy atom. The van der Waals surface area contributed by atoms with Crippen LogP contribution in [-0.2, 0) is 0 Å². The molecule has 1 aliphatic rings. The molecule has 0 aliphatic heterocycles. The smallest absolute Gasteiger partial charge is 0.149 e. The summed E-state index contributed by atoms with van der Waals surface area (Å²) in [6, 6.07) is 1.78. The molecule has 2 rings (SSSR count). The highest BCUT2D eigenvalue weighted by Crippen LogP contribution is 2.38. The third kappa shape index (κ3) is 2.84. The maximum atomic E-state index is 13.5. The third-order valence-electron chi connectivity index (χ3n) is 2.73. The lowest BCUT2D eigenvalue weighted by Crippen LogP contribution is -2.15. The Balaban J connectivity index is 0.00000128. The van der Waals surface area contributed by atoms with Gasteiger partial charge in [-0.1, -0.05) is 24.4 Å². The Bertz CT molecular complexity index is 380. The lowest BCUT2D eigenvalue weighted by atomic mass is 10.0. The molecule has 0 radical (unpaired) electrons. The quantitative estimate of drug-likeness (QED) is 0.828. The largest absolute Gasteiger partial charge is 0.324 e. The van der Waals surface area contributed by atoms with E-state index in [2.05, 4.69) is 0 Å². The van der Waals surface area contributed by atoms with E-state index in [-0.39, 0.29) is 23.0 Å². The van der Waals surface area contributed by atoms with Crippen LogP contribution in [0.25, 0.3) is 0 Å². The Labute approximate surface area is 104 Å². The summed E-state index contributed by atoms with van der Waals surface area (Å²) in [6.45, 7) is 0. The molecule has 1 aromatic carbocycles. The third-order valence-corrected chi connectivity index (χ3v) is 3.03. The monoisotopic (exact) mass is 267 g/mol. The van der Waals surface area contributed by atoms with E-state index in [9.17, 15) is 8.78 Å². The topological polar surface area (TPSA) is 26.0 Å². The summed E-state index contributed by atoms with van der Waals surface area (Å²) in [7, 11) is 0. The van der Waals surface area contributed by atoms with Crippen molar-refractivity contribution in [1.82, 2.24) is 0 Å². The SMILES string of the molecule is Cl.N[C@H](CC1CC1)c1c(F)ccc(Cl)c1F. The van der Waals surface area contributed by atoms with Crippen LogP contribution in [0.15, 0.2) is 12.1 Å². The average molecular weight is 268 g/mol. The summed E-state index contributed by atoms with van der Waals surface area (Å²) in [5.74, 6) is -0.798. The summed E-state index contributed by atoms with van der Waals surface area (Å²) in [5.41, 5.74) is 5.69. The summed E-state index contributed by atoms with van der Waals surface area (Å²) < 4.78 is 26.9. The van der Waals surface area contributed by atoms with Gasteiger partial charge in [-0.3, -0.25) is 0 Å². The van der Waals surface area contributed by atoms with Crippen molar-refractivity contribution in [2.75, 3.05) is 0 Å². The van der Waals surface area contributed by atoms with Gasteiger partial charge >= 0.3 is 0 Å². The first-order valence-corrected chi connectivity index (χ1v) is 5.36. The van der Waals surface area contributed by atoms with Crippen LogP contribution >= 0.6 is 24.0 Å². The van der Waals surface area contributed by atoms with Crippen molar-refractivity contribution in [3.05, 3.63) is 34.4 Å². The van der Waals surface area contributed by atoms with Crippen LogP contribution in [0.4, 0.5) is 8.78 Å². The van der Waals surface area contributed by atoms with Crippen LogP contribution in [0.1, 0.15) is 30.9 Å². The summed E-state index contributed by atoms with van der Waals surface area (Å²) in [6.07, 6.45) is 2.85. The van der Waals surface area contributed by atoms with Gasteiger partial charge in [-0.2, -0.15) is 0 Å². The zero-order valence-corrected chi connectivity index (χ0v) is 10.1. The lowest BCUT2D eigenvalue weighted by Gasteiger charge is -2.14. The second kappa shape index (κ2) is 5.30. The molecule has 1 atom stereocenters. The molecule has 5 heteroatoms. The van der Waals surface area contributed by atoms with Gasteiger partial charge in [0.05, 0.1) is 5.02 Å². The molecule has 0 spiro atoms. The normalized spacial score (nSPS) is 16.8. The fourth-order valence-corrected chi connectivity index (χ4v) is 1.88. The summed E-state index contributed by atoms with van der Waals surface area (Å²) >= 11 is 5.58. The van der Waals surface area contributed by atoms with Gasteiger partial charge in [-0.15, -0.1) is 12.4 Å². The molecule has 1 aromatic rings. The van der Waals surface area contributed by atoms with Crippen LogP contribution in [0.3, 0.4) is 0 Å². The van der Waals surface area contributed by atoms with E-state index < -0.39 is 17.7 Å². The molecule has 16 heavy (non-hydrogen) atoms. The first kappa shape index (κ1) is 13.7. The van der Waals surface area contributed by atoms with Gasteiger partial charge in [-0.05, 0) is 24.5 Å². The Kier molecular flexibility index (Phi) is 4.53. The van der Waals surface area contributed by atoms with Crippen LogP contribution < -0.4 is 5.73 Å². The van der Waals surface area contributed by atoms with Gasteiger partial charge in [0.15, 0.2) is 0 Å². The molecular weight excluding hydrogens is 255 g/mol. The number of hydrogen-bond acceptors (Lipinski definition) is 1. The highest BCUT2D eigenvalue weighted by atomic mass is 35.5. The second-order valence-electron chi connectivity index (χ2n) is 4.04. The van der Waals surface area contributed by atoms with E-state index in [0.29, 0.717) is 12.3 Å². The maximum absolute atomic E-state index is 13.5. The Morgan fingerprint density at radius 3 is 2.56 bits per heavy atom. The maximum Gasteiger partial charge on any atom is 0.149 e. The van der Waals surface area contributed by atoms with E-state index in [4.69, 9.17) is 17.3 Å². The highest BCUT2D eigenvalue weighted by Gasteiger charge is 2.27. The van der Waals surface area contributed by atoms with Crippen molar-refractivity contribution < 1.29 is 8.78 Å². The van der Waals surface area contributed by atoms with E-state index in [1.165, 1.54) is 6.07 Å². The van der Waals surface area contributed by atoms with Crippen LogP contribution in [0, 0.1) is 17.6 Å². The fraction of sp³-hybridized carbons (Fsp3) is 0.455. The minimum Gasteiger partial charge on any atom is -0.324 e.